The summed E-state index contributed by atoms with van der Waals surface area (Å²) in [4.78, 5) is 0. The number of rotatable bonds is 0. The van der Waals surface area contributed by atoms with Crippen LogP contribution in [0.5, 0.6) is 0 Å². The fourth-order valence-electron chi connectivity index (χ4n) is 1.52. The second-order valence-electron chi connectivity index (χ2n) is 4.64. The third-order valence-electron chi connectivity index (χ3n) is 2.71. The van der Waals surface area contributed by atoms with E-state index in [0.717, 1.165) is 0 Å². The zero-order valence-electron chi connectivity index (χ0n) is 10.6. The molecule has 15 heteroatoms. The lowest BCUT2D eigenvalue weighted by atomic mass is 11.5. The van der Waals surface area contributed by atoms with Gasteiger partial charge in [-0.25, -0.2) is 0 Å². The summed E-state index contributed by atoms with van der Waals surface area (Å²) in [5.74, 6) is -16.4. The first-order valence-corrected chi connectivity index (χ1v) is 12.1. The fourth-order valence-corrected chi connectivity index (χ4v) is 14.8. The van der Waals surface area contributed by atoms with Gasteiger partial charge < -0.3 is 12.3 Å². The van der Waals surface area contributed by atoms with Crippen molar-refractivity contribution in [1.29, 1.82) is 0 Å². The number of hydrogen-bond donors (Lipinski definition) is 0. The van der Waals surface area contributed by atoms with Crippen LogP contribution in [-0.4, -0.2) is 43.1 Å². The van der Waals surface area contributed by atoms with Gasteiger partial charge in [-0.1, -0.05) is 0 Å². The molecule has 0 unspecified atom stereocenters. The van der Waals surface area contributed by atoms with Crippen LogP contribution in [0.4, 0.5) is 39.5 Å². The molecule has 0 radical (unpaired) electrons. The molecule has 0 amide bonds. The summed E-state index contributed by atoms with van der Waals surface area (Å²) in [5, 5.41) is 0. The van der Waals surface area contributed by atoms with Gasteiger partial charge in [0, 0.05) is 0 Å². The Morgan fingerprint density at radius 3 is 0.714 bits per heavy atom. The van der Waals surface area contributed by atoms with E-state index in [1.165, 1.54) is 0 Å². The lowest BCUT2D eigenvalue weighted by Crippen LogP contribution is -2.79. The van der Waals surface area contributed by atoms with E-state index >= 15 is 0 Å². The van der Waals surface area contributed by atoms with Crippen LogP contribution in [0.3, 0.4) is 0 Å². The Kier molecular flexibility index (Phi) is 4.24. The summed E-state index contributed by atoms with van der Waals surface area (Å²) in [5.41, 5.74) is 0. The van der Waals surface area contributed by atoms with Crippen molar-refractivity contribution in [3.63, 3.8) is 0 Å². The maximum absolute atomic E-state index is 12.9. The Morgan fingerprint density at radius 2 is 0.619 bits per heavy atom. The standard InChI is InChI=1S/C6H9F9O3Si3/c1-19(4(7,8)9)16-20(2,5(10,11)12)18-21(3,17-19)6(13,14)15/h1-3H3. The van der Waals surface area contributed by atoms with Gasteiger partial charge in [-0.05, 0) is 19.6 Å². The van der Waals surface area contributed by atoms with Crippen molar-refractivity contribution in [1.82, 2.24) is 0 Å². The quantitative estimate of drug-likeness (QED) is 0.472. The molecule has 0 aromatic heterocycles. The zero-order chi connectivity index (χ0) is 17.1. The van der Waals surface area contributed by atoms with Gasteiger partial charge in [-0.2, -0.15) is 39.5 Å². The minimum absolute atomic E-state index is 0.115. The predicted octanol–water partition coefficient (Wildman–Crippen LogP) is 3.57. The third-order valence-corrected chi connectivity index (χ3v) is 15.2. The van der Waals surface area contributed by atoms with Gasteiger partial charge in [0.15, 0.2) is 0 Å². The summed E-state index contributed by atoms with van der Waals surface area (Å²) in [7, 11) is -17.3. The highest BCUT2D eigenvalue weighted by atomic mass is 28.5. The highest BCUT2D eigenvalue weighted by molar-refractivity contribution is 6.95. The largest absolute Gasteiger partial charge is 0.438 e. The van der Waals surface area contributed by atoms with Crippen molar-refractivity contribution < 1.29 is 51.9 Å². The van der Waals surface area contributed by atoms with Crippen LogP contribution >= 0.6 is 0 Å². The normalized spacial score (nSPS) is 39.4. The molecule has 0 saturated carbocycles. The second kappa shape index (κ2) is 4.70. The second-order valence-corrected chi connectivity index (χ2v) is 14.5. The molecule has 0 N–H and O–H groups in total. The van der Waals surface area contributed by atoms with E-state index in [4.69, 9.17) is 0 Å². The minimum atomic E-state index is -5.77. The maximum Gasteiger partial charge on any atom is 0.438 e. The molecule has 0 atom stereocenters. The first kappa shape index (κ1) is 18.9. The van der Waals surface area contributed by atoms with E-state index in [9.17, 15) is 39.5 Å². The van der Waals surface area contributed by atoms with Crippen LogP contribution in [0.15, 0.2) is 0 Å². The fraction of sp³-hybridized carbons (Fsp3) is 1.00. The average Bonchev–Trinajstić information content (AvgIpc) is 2.09. The van der Waals surface area contributed by atoms with Gasteiger partial charge in [0.25, 0.3) is 0 Å². The first-order valence-electron chi connectivity index (χ1n) is 5.18. The summed E-state index contributed by atoms with van der Waals surface area (Å²) in [6.07, 6.45) is 0. The van der Waals surface area contributed by atoms with Crippen LogP contribution in [0.1, 0.15) is 0 Å². The van der Waals surface area contributed by atoms with E-state index in [-0.39, 0.29) is 19.6 Å². The predicted molar refractivity (Wildman–Crippen MR) is 56.3 cm³/mol. The van der Waals surface area contributed by atoms with Gasteiger partial charge >= 0.3 is 43.1 Å². The molecule has 1 fully saturated rings. The SMILES string of the molecule is C[Si]1(C(F)(F)F)O[Si](C)(C(F)(F)F)O[Si](C)(C(F)(F)F)O1. The van der Waals surface area contributed by atoms with Crippen molar-refractivity contribution in [3.8, 4) is 0 Å². The summed E-state index contributed by atoms with van der Waals surface area (Å²) in [6, 6.07) is 0. The Bertz CT molecular complexity index is 349. The van der Waals surface area contributed by atoms with Gasteiger partial charge in [-0.15, -0.1) is 0 Å². The van der Waals surface area contributed by atoms with Gasteiger partial charge in [0.05, 0.1) is 0 Å². The van der Waals surface area contributed by atoms with E-state index < -0.39 is 43.1 Å². The Hall–Kier alpha value is -0.0994. The molecule has 0 spiro atoms. The molecule has 1 rings (SSSR count). The lowest BCUT2D eigenvalue weighted by Gasteiger charge is -2.49. The highest BCUT2D eigenvalue weighted by Crippen LogP contribution is 2.48. The van der Waals surface area contributed by atoms with Crippen molar-refractivity contribution in [3.05, 3.63) is 0 Å². The molecule has 1 aliphatic rings. The Labute approximate surface area is 115 Å². The van der Waals surface area contributed by atoms with Crippen molar-refractivity contribution in [2.75, 3.05) is 0 Å². The van der Waals surface area contributed by atoms with Crippen molar-refractivity contribution in [2.45, 2.75) is 37.0 Å². The smallest absolute Gasteiger partial charge is 0.404 e. The molecule has 0 aliphatic carbocycles. The average molecular weight is 384 g/mol. The maximum atomic E-state index is 12.9. The van der Waals surface area contributed by atoms with Crippen LogP contribution in [0, 0.1) is 0 Å². The van der Waals surface area contributed by atoms with Crippen molar-refractivity contribution >= 4 is 25.7 Å². The third kappa shape index (κ3) is 3.16. The molecule has 0 aromatic carbocycles. The summed E-state index contributed by atoms with van der Waals surface area (Å²) in [6.45, 7) is 0.344. The molecule has 126 valence electrons. The van der Waals surface area contributed by atoms with Gasteiger partial charge in [0.2, 0.25) is 0 Å². The zero-order valence-corrected chi connectivity index (χ0v) is 13.6. The number of hydrogen-bond acceptors (Lipinski definition) is 3. The number of alkyl halides is 9. The van der Waals surface area contributed by atoms with Crippen LogP contribution < -0.4 is 0 Å². The molecular weight excluding hydrogens is 375 g/mol. The Morgan fingerprint density at radius 1 is 0.476 bits per heavy atom. The molecule has 3 nitrogen and oxygen atoms in total. The van der Waals surface area contributed by atoms with E-state index in [2.05, 4.69) is 12.3 Å². The number of halogens is 9. The molecule has 1 saturated heterocycles. The molecule has 1 heterocycles. The monoisotopic (exact) mass is 384 g/mol. The van der Waals surface area contributed by atoms with Crippen LogP contribution in [-0.2, 0) is 12.3 Å². The molecule has 0 aromatic rings. The Balaban J connectivity index is 3.44. The molecular formula is C6H9F9O3Si3. The summed E-state index contributed by atoms with van der Waals surface area (Å²) >= 11 is 0. The first-order chi connectivity index (χ1) is 8.87. The molecule has 0 bridgehead atoms. The van der Waals surface area contributed by atoms with E-state index in [1.54, 1.807) is 0 Å². The topological polar surface area (TPSA) is 27.7 Å². The minimum Gasteiger partial charge on any atom is -0.404 e. The lowest BCUT2D eigenvalue weighted by molar-refractivity contribution is -0.131. The highest BCUT2D eigenvalue weighted by Gasteiger charge is 2.80. The molecule has 1 aliphatic heterocycles. The van der Waals surface area contributed by atoms with Crippen LogP contribution in [0.2, 0.25) is 19.6 Å². The van der Waals surface area contributed by atoms with Crippen LogP contribution in [0.25, 0.3) is 0 Å². The molecule has 21 heavy (non-hydrogen) atoms. The van der Waals surface area contributed by atoms with Crippen molar-refractivity contribution in [2.24, 2.45) is 0 Å². The van der Waals surface area contributed by atoms with E-state index in [1.807, 2.05) is 0 Å². The summed E-state index contributed by atoms with van der Waals surface area (Å²) < 4.78 is 128. The van der Waals surface area contributed by atoms with Gasteiger partial charge in [0.1, 0.15) is 0 Å². The van der Waals surface area contributed by atoms with E-state index in [0.29, 0.717) is 0 Å². The van der Waals surface area contributed by atoms with Gasteiger partial charge in [-0.3, -0.25) is 0 Å².